The van der Waals surface area contributed by atoms with Gasteiger partial charge in [0, 0.05) is 6.92 Å². The predicted molar refractivity (Wildman–Crippen MR) is 36.1 cm³/mol. The summed E-state index contributed by atoms with van der Waals surface area (Å²) in [5.74, 6) is -0.663. The van der Waals surface area contributed by atoms with Crippen LogP contribution >= 0.6 is 15.9 Å². The van der Waals surface area contributed by atoms with Gasteiger partial charge in [0.15, 0.2) is 16.1 Å². The minimum atomic E-state index is -0.663. The minimum Gasteiger partial charge on any atom is -0.292 e. The van der Waals surface area contributed by atoms with E-state index in [2.05, 4.69) is 26.1 Å². The molecule has 1 aromatic heterocycles. The molecule has 10 heavy (non-hydrogen) atoms. The van der Waals surface area contributed by atoms with Crippen LogP contribution in [0.4, 0.5) is 0 Å². The third kappa shape index (κ3) is 1.23. The SMILES string of the molecule is [CH]C(=O)c1nn([CH])nc1Br. The molecular weight excluding hydrogens is 198 g/mol. The second-order valence-electron chi connectivity index (χ2n) is 1.52. The Bertz CT molecular complexity index is 268. The van der Waals surface area contributed by atoms with Crippen LogP contribution in [0.1, 0.15) is 10.5 Å². The van der Waals surface area contributed by atoms with Crippen molar-refractivity contribution in [1.82, 2.24) is 15.0 Å². The van der Waals surface area contributed by atoms with E-state index >= 15 is 0 Å². The van der Waals surface area contributed by atoms with Crippen molar-refractivity contribution in [2.75, 3.05) is 0 Å². The highest BCUT2D eigenvalue weighted by Gasteiger charge is 2.10. The lowest BCUT2D eigenvalue weighted by molar-refractivity contribution is 0.103. The lowest BCUT2D eigenvalue weighted by Gasteiger charge is -1.81. The molecule has 4 nitrogen and oxygen atoms in total. The zero-order valence-electron chi connectivity index (χ0n) is 4.78. The van der Waals surface area contributed by atoms with Crippen LogP contribution in [0.25, 0.3) is 0 Å². The molecule has 0 fully saturated rings. The maximum absolute atomic E-state index is 10.5. The number of halogens is 1. The van der Waals surface area contributed by atoms with Crippen LogP contribution < -0.4 is 0 Å². The number of nitrogens with zero attached hydrogens (tertiary/aromatic N) is 3. The molecule has 0 bridgehead atoms. The predicted octanol–water partition coefficient (Wildman–Crippen LogP) is 0.451. The van der Waals surface area contributed by atoms with E-state index in [-0.39, 0.29) is 10.3 Å². The zero-order chi connectivity index (χ0) is 7.72. The third-order valence-corrected chi connectivity index (χ3v) is 1.36. The van der Waals surface area contributed by atoms with Gasteiger partial charge in [0.25, 0.3) is 0 Å². The normalized spacial score (nSPS) is 9.90. The van der Waals surface area contributed by atoms with Crippen LogP contribution in [0.3, 0.4) is 0 Å². The monoisotopic (exact) mass is 199 g/mol. The van der Waals surface area contributed by atoms with E-state index < -0.39 is 5.78 Å². The molecule has 1 heterocycles. The Kier molecular flexibility index (Phi) is 1.85. The Morgan fingerprint density at radius 3 is 2.40 bits per heavy atom. The highest BCUT2D eigenvalue weighted by molar-refractivity contribution is 9.10. The van der Waals surface area contributed by atoms with E-state index in [4.69, 9.17) is 14.0 Å². The summed E-state index contributed by atoms with van der Waals surface area (Å²) in [6, 6.07) is 0. The highest BCUT2D eigenvalue weighted by atomic mass is 79.9. The second kappa shape index (κ2) is 2.49. The van der Waals surface area contributed by atoms with Gasteiger partial charge in [-0.25, -0.2) is 0 Å². The smallest absolute Gasteiger partial charge is 0.190 e. The van der Waals surface area contributed by atoms with E-state index in [1.165, 1.54) is 0 Å². The van der Waals surface area contributed by atoms with E-state index in [1.807, 2.05) is 0 Å². The second-order valence-corrected chi connectivity index (χ2v) is 2.28. The number of aromatic nitrogens is 3. The van der Waals surface area contributed by atoms with Crippen molar-refractivity contribution in [2.45, 2.75) is 0 Å². The maximum Gasteiger partial charge on any atom is 0.190 e. The molecule has 5 heteroatoms. The molecule has 0 amide bonds. The molecule has 0 saturated carbocycles. The molecule has 0 aliphatic carbocycles. The van der Waals surface area contributed by atoms with Crippen LogP contribution in [0.5, 0.6) is 0 Å². The van der Waals surface area contributed by atoms with E-state index in [0.29, 0.717) is 0 Å². The van der Waals surface area contributed by atoms with Crippen molar-refractivity contribution in [2.24, 2.45) is 0 Å². The fraction of sp³-hybridized carbons (Fsp3) is 0. The Morgan fingerprint density at radius 1 is 1.60 bits per heavy atom. The van der Waals surface area contributed by atoms with Gasteiger partial charge in [-0.3, -0.25) is 4.79 Å². The number of carbonyl (C=O) groups excluding carboxylic acids is 1. The van der Waals surface area contributed by atoms with Gasteiger partial charge in [-0.1, -0.05) is 0 Å². The molecule has 0 saturated heterocycles. The number of carbonyl (C=O) groups is 1. The Hall–Kier alpha value is -0.710. The maximum atomic E-state index is 10.5. The minimum absolute atomic E-state index is 0.0301. The van der Waals surface area contributed by atoms with Gasteiger partial charge < -0.3 is 0 Å². The van der Waals surface area contributed by atoms with E-state index in [9.17, 15) is 4.79 Å². The molecule has 0 atom stereocenters. The summed E-state index contributed by atoms with van der Waals surface area (Å²) in [6.45, 7) is 4.89. The van der Waals surface area contributed by atoms with Crippen molar-refractivity contribution in [3.63, 3.8) is 0 Å². The summed E-state index contributed by atoms with van der Waals surface area (Å²) in [7, 11) is 5.07. The number of rotatable bonds is 1. The average Bonchev–Trinajstić information content (AvgIpc) is 2.10. The molecule has 0 aromatic carbocycles. The molecule has 0 aliphatic heterocycles. The summed E-state index contributed by atoms with van der Waals surface area (Å²) in [5, 5.41) is 7.00. The average molecular weight is 200 g/mol. The highest BCUT2D eigenvalue weighted by Crippen LogP contribution is 2.10. The fourth-order valence-corrected chi connectivity index (χ4v) is 0.892. The summed E-state index contributed by atoms with van der Waals surface area (Å²) in [4.78, 5) is 11.2. The Balaban J connectivity index is 3.15. The largest absolute Gasteiger partial charge is 0.292 e. The third-order valence-electron chi connectivity index (χ3n) is 0.822. The first-order chi connectivity index (χ1) is 4.61. The van der Waals surface area contributed by atoms with Crippen LogP contribution in [0, 0.1) is 14.0 Å². The van der Waals surface area contributed by atoms with Crippen molar-refractivity contribution >= 4 is 21.7 Å². The fourth-order valence-electron chi connectivity index (χ4n) is 0.454. The molecule has 0 N–H and O–H groups in total. The van der Waals surface area contributed by atoms with Gasteiger partial charge in [-0.2, -0.15) is 4.80 Å². The molecule has 50 valence electrons. The molecule has 0 unspecified atom stereocenters. The first-order valence-electron chi connectivity index (χ1n) is 2.29. The summed E-state index contributed by atoms with van der Waals surface area (Å²) in [6.07, 6.45) is 0. The summed E-state index contributed by atoms with van der Waals surface area (Å²) in [5.41, 5.74) is 0.0301. The van der Waals surface area contributed by atoms with Gasteiger partial charge in [-0.05, 0) is 15.9 Å². The Morgan fingerprint density at radius 2 is 2.20 bits per heavy atom. The molecular formula is C5H2BrN3O. The lowest BCUT2D eigenvalue weighted by Crippen LogP contribution is -1.95. The molecule has 0 aliphatic rings. The molecule has 4 radical (unpaired) electrons. The van der Waals surface area contributed by atoms with Crippen molar-refractivity contribution in [3.05, 3.63) is 24.3 Å². The molecule has 1 aromatic rings. The first-order valence-corrected chi connectivity index (χ1v) is 3.08. The molecule has 0 spiro atoms. The topological polar surface area (TPSA) is 47.8 Å². The van der Waals surface area contributed by atoms with Gasteiger partial charge >= 0.3 is 0 Å². The van der Waals surface area contributed by atoms with Crippen LogP contribution in [0.2, 0.25) is 0 Å². The van der Waals surface area contributed by atoms with E-state index in [0.717, 1.165) is 4.80 Å². The van der Waals surface area contributed by atoms with Gasteiger partial charge in [0.05, 0.1) is 0 Å². The number of ketones is 1. The quantitative estimate of drug-likeness (QED) is 0.618. The summed E-state index contributed by atoms with van der Waals surface area (Å²) >= 11 is 2.94. The first kappa shape index (κ1) is 7.40. The van der Waals surface area contributed by atoms with Gasteiger partial charge in [0.2, 0.25) is 0 Å². The summed E-state index contributed by atoms with van der Waals surface area (Å²) < 4.78 is 0.252. The zero-order valence-corrected chi connectivity index (χ0v) is 6.37. The van der Waals surface area contributed by atoms with Crippen molar-refractivity contribution in [3.8, 4) is 0 Å². The molecule has 1 rings (SSSR count). The van der Waals surface area contributed by atoms with Crippen molar-refractivity contribution in [1.29, 1.82) is 0 Å². The number of hydrogen-bond donors (Lipinski definition) is 0. The van der Waals surface area contributed by atoms with Crippen LogP contribution in [0.15, 0.2) is 4.60 Å². The van der Waals surface area contributed by atoms with Gasteiger partial charge in [0.1, 0.15) is 7.05 Å². The Labute approximate surface area is 66.4 Å². The van der Waals surface area contributed by atoms with Crippen LogP contribution in [-0.4, -0.2) is 20.8 Å². The van der Waals surface area contributed by atoms with Crippen LogP contribution in [-0.2, 0) is 0 Å². The number of hydrogen-bond acceptors (Lipinski definition) is 3. The van der Waals surface area contributed by atoms with Crippen molar-refractivity contribution < 1.29 is 4.79 Å². The standard InChI is InChI=1S/C5H2BrN3O/c1-3(10)4-5(6)8-9(2)7-4/h1-2H. The number of Topliss-reactive ketones (excluding diaryl/α,β-unsaturated/α-hetero) is 1. The van der Waals surface area contributed by atoms with Gasteiger partial charge in [-0.15, -0.1) is 10.2 Å². The lowest BCUT2D eigenvalue weighted by atomic mass is 10.3. The van der Waals surface area contributed by atoms with E-state index in [1.54, 1.807) is 0 Å².